The summed E-state index contributed by atoms with van der Waals surface area (Å²) in [4.78, 5) is 57.0. The lowest BCUT2D eigenvalue weighted by Crippen LogP contribution is -2.55. The number of hydrogen-bond donors (Lipinski definition) is 4. The zero-order valence-electron chi connectivity index (χ0n) is 29.0. The molecule has 0 radical (unpaired) electrons. The average Bonchev–Trinajstić information content (AvgIpc) is 3.81. The van der Waals surface area contributed by atoms with Gasteiger partial charge < -0.3 is 15.4 Å². The maximum atomic E-state index is 14.6. The molecule has 6 rings (SSSR count). The molecular weight excluding hydrogens is 678 g/mol. The number of tetrazole rings is 1. The van der Waals surface area contributed by atoms with Crippen LogP contribution in [0.25, 0.3) is 11.4 Å². The number of allylic oxidation sites excluding steroid dienone is 1. The van der Waals surface area contributed by atoms with Crippen LogP contribution in [0.2, 0.25) is 0 Å². The number of aromatic nitrogens is 6. The lowest BCUT2D eigenvalue weighted by Gasteiger charge is -2.33. The Morgan fingerprint density at radius 2 is 1.84 bits per heavy atom. The summed E-state index contributed by atoms with van der Waals surface area (Å²) < 4.78 is 32.9. The largest absolute Gasteiger partial charge is 0.497 e. The normalized spacial score (nSPS) is 25.0. The third-order valence-corrected chi connectivity index (χ3v) is 11.9. The monoisotopic (exact) mass is 721 g/mol. The van der Waals surface area contributed by atoms with E-state index < -0.39 is 67.9 Å². The molecule has 2 heterocycles. The molecule has 0 saturated heterocycles. The van der Waals surface area contributed by atoms with Crippen molar-refractivity contribution in [3.05, 3.63) is 54.9 Å². The Morgan fingerprint density at radius 3 is 2.45 bits per heavy atom. The molecule has 3 aromatic rings. The number of ketones is 1. The molecule has 3 amide bonds. The fourth-order valence-electron chi connectivity index (χ4n) is 6.86. The number of Topliss-reactive ketones (excluding diaryl/α,β-unsaturated/α-hetero) is 1. The van der Waals surface area contributed by atoms with Crippen LogP contribution in [0.15, 0.2) is 49.3 Å². The number of nitrogens with zero attached hydrogens (tertiary/aromatic N) is 5. The number of sulfonamides is 1. The van der Waals surface area contributed by atoms with Crippen LogP contribution in [0.1, 0.15) is 75.7 Å². The zero-order valence-corrected chi connectivity index (χ0v) is 29.8. The van der Waals surface area contributed by atoms with Gasteiger partial charge in [0.15, 0.2) is 5.78 Å². The molecule has 3 saturated carbocycles. The molecule has 3 fully saturated rings. The Hall–Kier alpha value is -4.93. The van der Waals surface area contributed by atoms with Crippen molar-refractivity contribution in [1.82, 2.24) is 45.8 Å². The van der Waals surface area contributed by atoms with Gasteiger partial charge in [-0.3, -0.25) is 29.0 Å². The minimum atomic E-state index is -3.89. The molecule has 272 valence electrons. The van der Waals surface area contributed by atoms with E-state index in [-0.39, 0.29) is 36.5 Å². The van der Waals surface area contributed by atoms with Crippen molar-refractivity contribution >= 4 is 33.5 Å². The van der Waals surface area contributed by atoms with Crippen molar-refractivity contribution in [2.24, 2.45) is 23.2 Å². The van der Waals surface area contributed by atoms with Gasteiger partial charge in [0.2, 0.25) is 21.8 Å². The third kappa shape index (κ3) is 7.43. The Balaban J connectivity index is 1.29. The summed E-state index contributed by atoms with van der Waals surface area (Å²) in [6.45, 7) is 9.20. The minimum absolute atomic E-state index is 0.122. The molecule has 6 atom stereocenters. The number of methoxy groups -OCH3 is 1. The number of amides is 3. The van der Waals surface area contributed by atoms with E-state index in [2.05, 4.69) is 47.5 Å². The minimum Gasteiger partial charge on any atom is -0.497 e. The van der Waals surface area contributed by atoms with Crippen molar-refractivity contribution in [2.45, 2.75) is 82.2 Å². The van der Waals surface area contributed by atoms with Gasteiger partial charge in [0, 0.05) is 23.6 Å². The second-order valence-corrected chi connectivity index (χ2v) is 16.7. The number of aromatic amines is 1. The molecule has 2 unspecified atom stereocenters. The van der Waals surface area contributed by atoms with E-state index in [4.69, 9.17) is 4.74 Å². The van der Waals surface area contributed by atoms with E-state index >= 15 is 0 Å². The maximum Gasteiger partial charge on any atom is 0.259 e. The zero-order chi connectivity index (χ0) is 36.7. The van der Waals surface area contributed by atoms with Crippen molar-refractivity contribution in [3.8, 4) is 17.1 Å². The van der Waals surface area contributed by atoms with Gasteiger partial charge in [-0.2, -0.15) is 9.90 Å². The first-order valence-electron chi connectivity index (χ1n) is 16.9. The van der Waals surface area contributed by atoms with E-state index in [0.29, 0.717) is 36.4 Å². The first kappa shape index (κ1) is 35.9. The molecule has 0 bridgehead atoms. The Labute approximate surface area is 295 Å². The molecular formula is C34H43N9O7S. The molecule has 4 N–H and O–H groups in total. The van der Waals surface area contributed by atoms with Crippen LogP contribution in [0.4, 0.5) is 0 Å². The summed E-state index contributed by atoms with van der Waals surface area (Å²) in [6, 6.07) is 5.57. The third-order valence-electron chi connectivity index (χ3n) is 10.0. The van der Waals surface area contributed by atoms with Gasteiger partial charge in [-0.15, -0.1) is 16.8 Å². The number of H-pyrrole nitrogens is 1. The van der Waals surface area contributed by atoms with Crippen molar-refractivity contribution in [2.75, 3.05) is 7.11 Å². The summed E-state index contributed by atoms with van der Waals surface area (Å²) in [6.07, 6.45) is 6.17. The maximum absolute atomic E-state index is 14.6. The van der Waals surface area contributed by atoms with Crippen LogP contribution in [0.5, 0.6) is 5.75 Å². The molecule has 2 aromatic heterocycles. The highest BCUT2D eigenvalue weighted by Gasteiger charge is 2.62. The van der Waals surface area contributed by atoms with Gasteiger partial charge in [0.25, 0.3) is 11.8 Å². The molecule has 51 heavy (non-hydrogen) atoms. The number of carbonyl (C=O) groups is 4. The summed E-state index contributed by atoms with van der Waals surface area (Å²) in [5.41, 5.74) is -1.31. The molecule has 0 aliphatic heterocycles. The summed E-state index contributed by atoms with van der Waals surface area (Å²) in [7, 11) is -2.32. The first-order valence-corrected chi connectivity index (χ1v) is 18.5. The summed E-state index contributed by atoms with van der Waals surface area (Å²) >= 11 is 0. The number of hydrogen-bond acceptors (Lipinski definition) is 11. The number of nitrogens with one attached hydrogen (secondary N) is 4. The van der Waals surface area contributed by atoms with Crippen LogP contribution in [0.3, 0.4) is 0 Å². The van der Waals surface area contributed by atoms with E-state index in [1.165, 1.54) is 17.2 Å². The second kappa shape index (κ2) is 13.7. The smallest absolute Gasteiger partial charge is 0.259 e. The van der Waals surface area contributed by atoms with Crippen molar-refractivity contribution < 1.29 is 32.3 Å². The molecule has 3 aliphatic rings. The van der Waals surface area contributed by atoms with E-state index in [0.717, 1.165) is 0 Å². The molecule has 17 heteroatoms. The van der Waals surface area contributed by atoms with Gasteiger partial charge >= 0.3 is 0 Å². The van der Waals surface area contributed by atoms with E-state index in [9.17, 15) is 27.6 Å². The molecule has 1 aromatic carbocycles. The number of rotatable bonds is 14. The SMILES string of the molecule is C=CC[C@@H]1C[C@@]1(NC(=O)[C@@H]1C[C@@H](n2nnc(-c3ccc(OC)cc3)n2)CC1C(=O)C(NC(=O)c1cn[nH]c1)C(C)(C)C)C(=O)NS(=O)(=O)C1CC1. The van der Waals surface area contributed by atoms with Crippen LogP contribution in [0, 0.1) is 23.2 Å². The molecule has 3 aliphatic carbocycles. The van der Waals surface area contributed by atoms with Gasteiger partial charge in [-0.25, -0.2) is 8.42 Å². The lowest BCUT2D eigenvalue weighted by molar-refractivity contribution is -0.137. The van der Waals surface area contributed by atoms with Gasteiger partial charge in [-0.05, 0) is 79.3 Å². The Kier molecular flexibility index (Phi) is 9.61. The standard InChI is InChI=1S/C34H43N9O7S/c1-6-7-21-16-34(21,32(47)41-51(48,49)24-12-13-24)38-31(46)26-15-22(43-40-29(39-42-43)19-8-10-23(50-5)11-9-19)14-25(26)27(44)28(33(2,3)4)37-30(45)20-17-35-36-18-20/h6,8-11,17-18,21-22,24-26,28H,1,7,12-16H2,2-5H3,(H,35,36)(H,37,45)(H,38,46)(H,41,47)/t21-,22+,25?,26-,28?,34+/m1/s1. The second-order valence-electron chi connectivity index (χ2n) is 14.7. The Morgan fingerprint density at radius 1 is 1.14 bits per heavy atom. The van der Waals surface area contributed by atoms with E-state index in [1.807, 2.05) is 20.8 Å². The average molecular weight is 722 g/mol. The van der Waals surface area contributed by atoms with Crippen molar-refractivity contribution in [1.29, 1.82) is 0 Å². The van der Waals surface area contributed by atoms with Crippen LogP contribution < -0.4 is 20.1 Å². The highest BCUT2D eigenvalue weighted by Crippen LogP contribution is 2.49. The summed E-state index contributed by atoms with van der Waals surface area (Å²) in [5.74, 6) is -3.52. The fourth-order valence-corrected chi connectivity index (χ4v) is 8.22. The fraction of sp³-hybridized carbons (Fsp3) is 0.529. The van der Waals surface area contributed by atoms with Gasteiger partial charge in [-0.1, -0.05) is 26.8 Å². The van der Waals surface area contributed by atoms with Gasteiger partial charge in [0.05, 0.1) is 36.2 Å². The van der Waals surface area contributed by atoms with E-state index in [1.54, 1.807) is 37.5 Å². The van der Waals surface area contributed by atoms with Crippen LogP contribution in [-0.2, 0) is 24.4 Å². The lowest BCUT2D eigenvalue weighted by atomic mass is 9.77. The quantitative estimate of drug-likeness (QED) is 0.177. The topological polar surface area (TPSA) is 220 Å². The first-order chi connectivity index (χ1) is 24.2. The van der Waals surface area contributed by atoms with Crippen molar-refractivity contribution in [3.63, 3.8) is 0 Å². The number of benzene rings is 1. The molecule has 0 spiro atoms. The summed E-state index contributed by atoms with van der Waals surface area (Å²) in [5, 5.41) is 24.6. The highest BCUT2D eigenvalue weighted by molar-refractivity contribution is 7.91. The highest BCUT2D eigenvalue weighted by atomic mass is 32.2. The predicted octanol–water partition coefficient (Wildman–Crippen LogP) is 2.11. The Bertz CT molecular complexity index is 1920. The predicted molar refractivity (Wildman–Crippen MR) is 183 cm³/mol. The van der Waals surface area contributed by atoms with Crippen LogP contribution >= 0.6 is 0 Å². The van der Waals surface area contributed by atoms with Crippen LogP contribution in [-0.4, -0.2) is 86.3 Å². The van der Waals surface area contributed by atoms with Gasteiger partial charge in [0.1, 0.15) is 11.3 Å². The number of ether oxygens (including phenoxy) is 1. The number of carbonyl (C=O) groups excluding carboxylic acids is 4. The molecule has 16 nitrogen and oxygen atoms in total.